The van der Waals surface area contributed by atoms with Crippen LogP contribution in [-0.4, -0.2) is 39.4 Å². The minimum absolute atomic E-state index is 0. The maximum atomic E-state index is 14.1. The molecule has 1 fully saturated rings. The number of aryl methyl sites for hydroxylation is 1. The molecule has 1 N–H and O–H groups in total. The van der Waals surface area contributed by atoms with Crippen LogP contribution in [0, 0.1) is 18.7 Å². The summed E-state index contributed by atoms with van der Waals surface area (Å²) in [5.74, 6) is -0.348. The Kier molecular flexibility index (Phi) is 6.59. The summed E-state index contributed by atoms with van der Waals surface area (Å²) in [7, 11) is -1.88. The summed E-state index contributed by atoms with van der Waals surface area (Å²) < 4.78 is 40.6. The molecule has 1 aliphatic heterocycles. The average molecular weight is 337 g/mol. The lowest BCUT2D eigenvalue weighted by Gasteiger charge is -2.32. The molecule has 1 aromatic carbocycles. The van der Waals surface area contributed by atoms with Gasteiger partial charge in [0.05, 0.1) is 0 Å². The monoisotopic (exact) mass is 336 g/mol. The fourth-order valence-electron chi connectivity index (χ4n) is 2.66. The first-order valence-electron chi connectivity index (χ1n) is 6.86. The van der Waals surface area contributed by atoms with Crippen LogP contribution in [0.4, 0.5) is 4.39 Å². The molecule has 0 saturated carbocycles. The van der Waals surface area contributed by atoms with Gasteiger partial charge in [-0.1, -0.05) is 12.1 Å². The van der Waals surface area contributed by atoms with Crippen LogP contribution >= 0.6 is 12.4 Å². The van der Waals surface area contributed by atoms with Gasteiger partial charge in [-0.15, -0.1) is 12.4 Å². The largest absolute Gasteiger partial charge is 0.319 e. The van der Waals surface area contributed by atoms with E-state index in [4.69, 9.17) is 0 Å². The van der Waals surface area contributed by atoms with Crippen LogP contribution < -0.4 is 5.32 Å². The van der Waals surface area contributed by atoms with E-state index in [1.807, 2.05) is 7.05 Å². The smallest absolute Gasteiger partial charge is 0.246 e. The molecule has 0 aromatic heterocycles. The Bertz CT molecular complexity index is 578. The predicted octanol–water partition coefficient (Wildman–Crippen LogP) is 2.18. The lowest BCUT2D eigenvalue weighted by atomic mass is 10.00. The van der Waals surface area contributed by atoms with Crippen LogP contribution in [0.3, 0.4) is 0 Å². The molecule has 0 spiro atoms. The predicted molar refractivity (Wildman–Crippen MR) is 83.8 cm³/mol. The Labute approximate surface area is 132 Å². The van der Waals surface area contributed by atoms with Gasteiger partial charge in [-0.2, -0.15) is 4.31 Å². The van der Waals surface area contributed by atoms with Crippen LogP contribution in [0.25, 0.3) is 0 Å². The second kappa shape index (κ2) is 7.54. The lowest BCUT2D eigenvalue weighted by molar-refractivity contribution is 0.262. The Hall–Kier alpha value is -0.690. The van der Waals surface area contributed by atoms with Crippen molar-refractivity contribution in [3.8, 4) is 0 Å². The molecule has 2 rings (SSSR count). The number of nitrogens with one attached hydrogen (secondary N) is 1. The minimum Gasteiger partial charge on any atom is -0.319 e. The van der Waals surface area contributed by atoms with E-state index in [2.05, 4.69) is 5.32 Å². The molecule has 120 valence electrons. The molecule has 1 saturated heterocycles. The van der Waals surface area contributed by atoms with E-state index in [1.54, 1.807) is 19.1 Å². The number of sulfonamides is 1. The van der Waals surface area contributed by atoms with E-state index in [0.29, 0.717) is 18.7 Å². The zero-order chi connectivity index (χ0) is 14.8. The second-order valence-electron chi connectivity index (χ2n) is 5.32. The van der Waals surface area contributed by atoms with Crippen molar-refractivity contribution in [1.29, 1.82) is 0 Å². The number of nitrogens with zero attached hydrogens (tertiary/aromatic N) is 1. The molecular formula is C14H22ClFN2O2S. The number of hydrogen-bond donors (Lipinski definition) is 1. The molecule has 1 atom stereocenters. The normalized spacial score (nSPS) is 20.0. The van der Waals surface area contributed by atoms with E-state index in [0.717, 1.165) is 19.4 Å². The van der Waals surface area contributed by atoms with Gasteiger partial charge < -0.3 is 5.32 Å². The molecule has 0 bridgehead atoms. The highest BCUT2D eigenvalue weighted by Gasteiger charge is 2.32. The summed E-state index contributed by atoms with van der Waals surface area (Å²) in [4.78, 5) is -0.206. The highest BCUT2D eigenvalue weighted by molar-refractivity contribution is 7.89. The van der Waals surface area contributed by atoms with E-state index in [-0.39, 0.29) is 23.2 Å². The van der Waals surface area contributed by atoms with Gasteiger partial charge in [0.15, 0.2) is 0 Å². The van der Waals surface area contributed by atoms with Crippen molar-refractivity contribution in [1.82, 2.24) is 9.62 Å². The van der Waals surface area contributed by atoms with Gasteiger partial charge in [0.2, 0.25) is 10.0 Å². The van der Waals surface area contributed by atoms with Crippen molar-refractivity contribution < 1.29 is 12.8 Å². The summed E-state index contributed by atoms with van der Waals surface area (Å²) in [6.07, 6.45) is 1.82. The fraction of sp³-hybridized carbons (Fsp3) is 0.571. The summed E-state index contributed by atoms with van der Waals surface area (Å²) >= 11 is 0. The van der Waals surface area contributed by atoms with E-state index in [1.165, 1.54) is 10.4 Å². The summed E-state index contributed by atoms with van der Waals surface area (Å²) in [5.41, 5.74) is 0.356. The third-order valence-corrected chi connectivity index (χ3v) is 5.63. The van der Waals surface area contributed by atoms with E-state index < -0.39 is 15.8 Å². The molecule has 0 aliphatic carbocycles. The highest BCUT2D eigenvalue weighted by atomic mass is 35.5. The molecule has 4 nitrogen and oxygen atoms in total. The maximum absolute atomic E-state index is 14.1. The third-order valence-electron chi connectivity index (χ3n) is 3.75. The van der Waals surface area contributed by atoms with Gasteiger partial charge in [-0.3, -0.25) is 0 Å². The SMILES string of the molecule is CNCC1CCCN(S(=O)(=O)c2cccc(C)c2F)C1.Cl. The third kappa shape index (κ3) is 3.94. The maximum Gasteiger partial charge on any atom is 0.246 e. The Balaban J connectivity index is 0.00000220. The standard InChI is InChI=1S/C14H21FN2O2S.ClH/c1-11-5-3-7-13(14(11)15)20(18,19)17-8-4-6-12(10-17)9-16-2;/h3,5,7,12,16H,4,6,8-10H2,1-2H3;1H. The first-order valence-corrected chi connectivity index (χ1v) is 8.30. The Morgan fingerprint density at radius 2 is 2.14 bits per heavy atom. The van der Waals surface area contributed by atoms with Crippen molar-refractivity contribution in [2.24, 2.45) is 5.92 Å². The van der Waals surface area contributed by atoms with Gasteiger partial charge in [0.25, 0.3) is 0 Å². The van der Waals surface area contributed by atoms with Gasteiger partial charge in [-0.05, 0) is 50.9 Å². The summed E-state index contributed by atoms with van der Waals surface area (Å²) in [5, 5.41) is 3.07. The fourth-order valence-corrected chi connectivity index (χ4v) is 4.35. The molecule has 0 amide bonds. The number of benzene rings is 1. The number of halogens is 2. The topological polar surface area (TPSA) is 49.4 Å². The molecule has 1 heterocycles. The van der Waals surface area contributed by atoms with Crippen molar-refractivity contribution in [3.05, 3.63) is 29.6 Å². The molecule has 7 heteroatoms. The molecule has 21 heavy (non-hydrogen) atoms. The van der Waals surface area contributed by atoms with Gasteiger partial charge in [0, 0.05) is 13.1 Å². The first kappa shape index (κ1) is 18.4. The molecule has 1 unspecified atom stereocenters. The average Bonchev–Trinajstić information content (AvgIpc) is 2.42. The number of piperidine rings is 1. The first-order chi connectivity index (χ1) is 9.46. The van der Waals surface area contributed by atoms with Crippen LogP contribution in [0.5, 0.6) is 0 Å². The number of rotatable bonds is 4. The van der Waals surface area contributed by atoms with Crippen LogP contribution in [0.15, 0.2) is 23.1 Å². The zero-order valence-electron chi connectivity index (χ0n) is 12.3. The van der Waals surface area contributed by atoms with Crippen molar-refractivity contribution >= 4 is 22.4 Å². The van der Waals surface area contributed by atoms with E-state index >= 15 is 0 Å². The van der Waals surface area contributed by atoms with Gasteiger partial charge in [-0.25, -0.2) is 12.8 Å². The molecule has 0 radical (unpaired) electrons. The van der Waals surface area contributed by atoms with Crippen LogP contribution in [-0.2, 0) is 10.0 Å². The second-order valence-corrected chi connectivity index (χ2v) is 7.22. The number of hydrogen-bond acceptors (Lipinski definition) is 3. The van der Waals surface area contributed by atoms with Crippen LogP contribution in [0.1, 0.15) is 18.4 Å². The Morgan fingerprint density at radius 1 is 1.43 bits per heavy atom. The van der Waals surface area contributed by atoms with Crippen molar-refractivity contribution in [3.63, 3.8) is 0 Å². The summed E-state index contributed by atoms with van der Waals surface area (Å²) in [6.45, 7) is 3.28. The summed E-state index contributed by atoms with van der Waals surface area (Å²) in [6, 6.07) is 4.51. The van der Waals surface area contributed by atoms with Gasteiger partial charge >= 0.3 is 0 Å². The van der Waals surface area contributed by atoms with Gasteiger partial charge in [0.1, 0.15) is 10.7 Å². The Morgan fingerprint density at radius 3 is 2.81 bits per heavy atom. The molecule has 1 aliphatic rings. The quantitative estimate of drug-likeness (QED) is 0.916. The van der Waals surface area contributed by atoms with Crippen molar-refractivity contribution in [2.45, 2.75) is 24.7 Å². The molecule has 1 aromatic rings. The van der Waals surface area contributed by atoms with Crippen LogP contribution in [0.2, 0.25) is 0 Å². The minimum atomic E-state index is -3.74. The molecular weight excluding hydrogens is 315 g/mol. The highest BCUT2D eigenvalue weighted by Crippen LogP contribution is 2.26. The zero-order valence-corrected chi connectivity index (χ0v) is 13.9. The van der Waals surface area contributed by atoms with E-state index in [9.17, 15) is 12.8 Å². The lowest BCUT2D eigenvalue weighted by Crippen LogP contribution is -2.42. The van der Waals surface area contributed by atoms with Crippen molar-refractivity contribution in [2.75, 3.05) is 26.7 Å².